The Balaban J connectivity index is 2.20. The third-order valence-electron chi connectivity index (χ3n) is 3.38. The normalized spacial score (nSPS) is 19.9. The van der Waals surface area contributed by atoms with Gasteiger partial charge in [-0.2, -0.15) is 0 Å². The number of rotatable bonds is 3. The molecule has 4 nitrogen and oxygen atoms in total. The SMILES string of the molecule is N=C(N)c1ccc(N2CCCC(CO)C2)c(F)c1. The second kappa shape index (κ2) is 5.35. The van der Waals surface area contributed by atoms with Crippen molar-refractivity contribution in [2.45, 2.75) is 12.8 Å². The van der Waals surface area contributed by atoms with Crippen molar-refractivity contribution in [2.75, 3.05) is 24.6 Å². The van der Waals surface area contributed by atoms with Gasteiger partial charge < -0.3 is 15.7 Å². The number of halogens is 1. The number of amidine groups is 1. The first-order valence-corrected chi connectivity index (χ1v) is 6.11. The van der Waals surface area contributed by atoms with Gasteiger partial charge in [0.1, 0.15) is 11.7 Å². The average Bonchev–Trinajstić information content (AvgIpc) is 2.38. The van der Waals surface area contributed by atoms with Gasteiger partial charge in [0.05, 0.1) is 5.69 Å². The maximum atomic E-state index is 14.0. The first-order valence-electron chi connectivity index (χ1n) is 6.11. The number of benzene rings is 1. The van der Waals surface area contributed by atoms with Crippen molar-refractivity contribution in [3.05, 3.63) is 29.6 Å². The lowest BCUT2D eigenvalue weighted by Crippen LogP contribution is -2.37. The fourth-order valence-electron chi connectivity index (χ4n) is 2.36. The molecule has 4 N–H and O–H groups in total. The van der Waals surface area contributed by atoms with Crippen molar-refractivity contribution in [3.63, 3.8) is 0 Å². The Morgan fingerprint density at radius 2 is 2.33 bits per heavy atom. The van der Waals surface area contributed by atoms with E-state index in [0.29, 0.717) is 17.8 Å². The zero-order valence-corrected chi connectivity index (χ0v) is 10.2. The van der Waals surface area contributed by atoms with Crippen LogP contribution in [0.2, 0.25) is 0 Å². The van der Waals surface area contributed by atoms with Gasteiger partial charge in [0, 0.05) is 25.3 Å². The number of nitrogens with two attached hydrogens (primary N) is 1. The molecule has 5 heteroatoms. The highest BCUT2D eigenvalue weighted by Gasteiger charge is 2.21. The Labute approximate surface area is 106 Å². The van der Waals surface area contributed by atoms with E-state index in [-0.39, 0.29) is 24.2 Å². The van der Waals surface area contributed by atoms with E-state index in [1.54, 1.807) is 12.1 Å². The largest absolute Gasteiger partial charge is 0.396 e. The highest BCUT2D eigenvalue weighted by atomic mass is 19.1. The van der Waals surface area contributed by atoms with Crippen LogP contribution in [0.25, 0.3) is 0 Å². The molecule has 98 valence electrons. The summed E-state index contributed by atoms with van der Waals surface area (Å²) in [5, 5.41) is 16.5. The van der Waals surface area contributed by atoms with Crippen LogP contribution < -0.4 is 10.6 Å². The van der Waals surface area contributed by atoms with Crippen molar-refractivity contribution in [1.82, 2.24) is 0 Å². The quantitative estimate of drug-likeness (QED) is 0.560. The number of nitrogens with one attached hydrogen (secondary N) is 1. The first kappa shape index (κ1) is 12.8. The zero-order valence-electron chi connectivity index (χ0n) is 10.2. The lowest BCUT2D eigenvalue weighted by molar-refractivity contribution is 0.208. The summed E-state index contributed by atoms with van der Waals surface area (Å²) in [6.45, 7) is 1.61. The Hall–Kier alpha value is -1.62. The van der Waals surface area contributed by atoms with Crippen LogP contribution in [0.3, 0.4) is 0 Å². The Bertz CT molecular complexity index is 450. The summed E-state index contributed by atoms with van der Waals surface area (Å²) < 4.78 is 14.0. The second-order valence-corrected chi connectivity index (χ2v) is 4.72. The summed E-state index contributed by atoms with van der Waals surface area (Å²) in [4.78, 5) is 1.95. The Kier molecular flexibility index (Phi) is 3.81. The topological polar surface area (TPSA) is 73.3 Å². The third kappa shape index (κ3) is 2.61. The fraction of sp³-hybridized carbons (Fsp3) is 0.462. The van der Waals surface area contributed by atoms with Gasteiger partial charge in [-0.1, -0.05) is 0 Å². The molecule has 0 aromatic heterocycles. The van der Waals surface area contributed by atoms with Gasteiger partial charge in [0.2, 0.25) is 0 Å². The molecule has 0 spiro atoms. The third-order valence-corrected chi connectivity index (χ3v) is 3.38. The summed E-state index contributed by atoms with van der Waals surface area (Å²) >= 11 is 0. The molecule has 18 heavy (non-hydrogen) atoms. The lowest BCUT2D eigenvalue weighted by atomic mass is 9.98. The minimum atomic E-state index is -0.360. The number of hydrogen-bond donors (Lipinski definition) is 3. The van der Waals surface area contributed by atoms with Crippen molar-refractivity contribution in [2.24, 2.45) is 11.7 Å². The molecule has 1 aliphatic heterocycles. The minimum Gasteiger partial charge on any atom is -0.396 e. The molecule has 0 radical (unpaired) electrons. The standard InChI is InChI=1S/C13H18FN3O/c14-11-6-10(13(15)16)3-4-12(11)17-5-1-2-9(7-17)8-18/h3-4,6,9,18H,1-2,5,7-8H2,(H3,15,16). The van der Waals surface area contributed by atoms with E-state index >= 15 is 0 Å². The van der Waals surface area contributed by atoms with Gasteiger partial charge in [0.15, 0.2) is 0 Å². The molecule has 0 aliphatic carbocycles. The minimum absolute atomic E-state index is 0.132. The number of aliphatic hydroxyl groups is 1. The van der Waals surface area contributed by atoms with E-state index < -0.39 is 0 Å². The van der Waals surface area contributed by atoms with Crippen molar-refractivity contribution in [1.29, 1.82) is 5.41 Å². The molecule has 0 bridgehead atoms. The summed E-state index contributed by atoms with van der Waals surface area (Å²) in [5.41, 5.74) is 6.25. The van der Waals surface area contributed by atoms with Gasteiger partial charge in [-0.3, -0.25) is 5.41 Å². The number of piperidine rings is 1. The highest BCUT2D eigenvalue weighted by Crippen LogP contribution is 2.26. The van der Waals surface area contributed by atoms with Gasteiger partial charge in [-0.25, -0.2) is 4.39 Å². The van der Waals surface area contributed by atoms with Crippen molar-refractivity contribution >= 4 is 11.5 Å². The highest BCUT2D eigenvalue weighted by molar-refractivity contribution is 5.95. The number of anilines is 1. The molecule has 0 saturated carbocycles. The van der Waals surface area contributed by atoms with Crippen LogP contribution in [0.4, 0.5) is 10.1 Å². The maximum Gasteiger partial charge on any atom is 0.147 e. The Morgan fingerprint density at radius 1 is 1.56 bits per heavy atom. The molecule has 1 aliphatic rings. The van der Waals surface area contributed by atoms with E-state index in [4.69, 9.17) is 11.1 Å². The number of hydrogen-bond acceptors (Lipinski definition) is 3. The second-order valence-electron chi connectivity index (χ2n) is 4.72. The molecule has 1 unspecified atom stereocenters. The molecule has 1 aromatic rings. The molecule has 1 heterocycles. The van der Waals surface area contributed by atoms with E-state index in [0.717, 1.165) is 19.4 Å². The van der Waals surface area contributed by atoms with Crippen LogP contribution in [-0.2, 0) is 0 Å². The van der Waals surface area contributed by atoms with E-state index in [9.17, 15) is 9.50 Å². The average molecular weight is 251 g/mol. The van der Waals surface area contributed by atoms with Crippen LogP contribution in [-0.4, -0.2) is 30.6 Å². The molecular formula is C13H18FN3O. The fourth-order valence-corrected chi connectivity index (χ4v) is 2.36. The van der Waals surface area contributed by atoms with Gasteiger partial charge in [-0.05, 0) is 37.0 Å². The molecule has 1 atom stereocenters. The molecular weight excluding hydrogens is 233 g/mol. The number of nitrogens with zero attached hydrogens (tertiary/aromatic N) is 1. The summed E-state index contributed by atoms with van der Waals surface area (Å²) in [7, 11) is 0. The Morgan fingerprint density at radius 3 is 2.94 bits per heavy atom. The predicted molar refractivity (Wildman–Crippen MR) is 69.4 cm³/mol. The van der Waals surface area contributed by atoms with Crippen LogP contribution in [0.5, 0.6) is 0 Å². The first-order chi connectivity index (χ1) is 8.61. The number of aliphatic hydroxyl groups excluding tert-OH is 1. The summed E-state index contributed by atoms with van der Waals surface area (Å²) in [6, 6.07) is 4.61. The summed E-state index contributed by atoms with van der Waals surface area (Å²) in [6.07, 6.45) is 1.94. The molecule has 1 saturated heterocycles. The predicted octanol–water partition coefficient (Wildman–Crippen LogP) is 1.32. The van der Waals surface area contributed by atoms with Gasteiger partial charge in [0.25, 0.3) is 0 Å². The summed E-state index contributed by atoms with van der Waals surface area (Å²) in [5.74, 6) is -0.278. The molecule has 0 amide bonds. The lowest BCUT2D eigenvalue weighted by Gasteiger charge is -2.33. The molecule has 1 fully saturated rings. The van der Waals surface area contributed by atoms with E-state index in [1.807, 2.05) is 4.90 Å². The zero-order chi connectivity index (χ0) is 13.1. The van der Waals surface area contributed by atoms with Crippen LogP contribution in [0, 0.1) is 17.1 Å². The number of nitrogen functional groups attached to an aromatic ring is 1. The molecule has 2 rings (SSSR count). The monoisotopic (exact) mass is 251 g/mol. The van der Waals surface area contributed by atoms with Crippen molar-refractivity contribution in [3.8, 4) is 0 Å². The van der Waals surface area contributed by atoms with E-state index in [2.05, 4.69) is 0 Å². The van der Waals surface area contributed by atoms with Crippen LogP contribution >= 0.6 is 0 Å². The van der Waals surface area contributed by atoms with Gasteiger partial charge in [-0.15, -0.1) is 0 Å². The van der Waals surface area contributed by atoms with Crippen LogP contribution in [0.15, 0.2) is 18.2 Å². The van der Waals surface area contributed by atoms with Crippen LogP contribution in [0.1, 0.15) is 18.4 Å². The smallest absolute Gasteiger partial charge is 0.147 e. The van der Waals surface area contributed by atoms with E-state index in [1.165, 1.54) is 6.07 Å². The maximum absolute atomic E-state index is 14.0. The molecule has 1 aromatic carbocycles. The van der Waals surface area contributed by atoms with Gasteiger partial charge >= 0.3 is 0 Å². The van der Waals surface area contributed by atoms with Crippen molar-refractivity contribution < 1.29 is 9.50 Å².